The van der Waals surface area contributed by atoms with E-state index in [0.29, 0.717) is 0 Å². The maximum Gasteiger partial charge on any atom is 3.00 e. The Kier molecular flexibility index (Phi) is 20.2. The molecule has 0 atom stereocenters. The van der Waals surface area contributed by atoms with Gasteiger partial charge >= 0.3 is 40.4 Å². The minimum Gasteiger partial charge on any atom is -0.543 e. The van der Waals surface area contributed by atoms with Crippen LogP contribution >= 0.6 is 0 Å². The number of hydrogen-bond acceptors (Lipinski definition) is 8. The fourth-order valence-electron chi connectivity index (χ4n) is 0. The van der Waals surface area contributed by atoms with Crippen LogP contribution in [0.3, 0.4) is 0 Å². The molecule has 0 amide bonds. The van der Waals surface area contributed by atoms with E-state index in [4.69, 9.17) is 39.6 Å². The normalized spacial score (nSPS) is 6.29. The third-order valence-corrected chi connectivity index (χ3v) is 0.333. The third-order valence-electron chi connectivity index (χ3n) is 0.333. The van der Waals surface area contributed by atoms with Gasteiger partial charge in [-0.1, -0.05) is 0 Å². The molecule has 0 aliphatic heterocycles. The van der Waals surface area contributed by atoms with Crippen LogP contribution < -0.4 is 26.6 Å². The molecule has 0 saturated carbocycles. The Morgan fingerprint density at radius 2 is 0.643 bits per heavy atom. The van der Waals surface area contributed by atoms with Gasteiger partial charge in [-0.3, -0.25) is 0 Å². The fourth-order valence-corrected chi connectivity index (χ4v) is 0. The van der Waals surface area contributed by atoms with Gasteiger partial charge in [0.2, 0.25) is 0 Å². The molecule has 0 bridgehead atoms. The zero-order chi connectivity index (χ0) is 10.3. The molecular formula is C4H4NO8Sm. The predicted molar refractivity (Wildman–Crippen MR) is 26.0 cm³/mol. The summed E-state index contributed by atoms with van der Waals surface area (Å²) in [5, 5.41) is 35.7. The van der Waals surface area contributed by atoms with E-state index >= 15 is 0 Å². The van der Waals surface area contributed by atoms with Crippen LogP contribution in [0.2, 0.25) is 0 Å². The van der Waals surface area contributed by atoms with E-state index in [9.17, 15) is 0 Å². The number of aliphatic carboxylic acids is 4. The van der Waals surface area contributed by atoms with E-state index in [1.807, 2.05) is 0 Å². The van der Waals surface area contributed by atoms with Crippen molar-refractivity contribution in [1.82, 2.24) is 6.15 Å². The molecule has 0 aromatic rings. The van der Waals surface area contributed by atoms with Crippen molar-refractivity contribution in [3.8, 4) is 0 Å². The summed E-state index contributed by atoms with van der Waals surface area (Å²) in [7, 11) is 0. The zero-order valence-corrected chi connectivity index (χ0v) is 9.29. The quantitative estimate of drug-likeness (QED) is 0.418. The summed E-state index contributed by atoms with van der Waals surface area (Å²) in [6, 6.07) is 0. The number of carboxylic acids is 4. The molecular weight excluding hydrogens is 340 g/mol. The van der Waals surface area contributed by atoms with Crippen molar-refractivity contribution in [1.29, 1.82) is 0 Å². The van der Waals surface area contributed by atoms with Crippen molar-refractivity contribution in [2.24, 2.45) is 0 Å². The molecule has 0 saturated heterocycles. The maximum atomic E-state index is 8.93. The average Bonchev–Trinajstić information content (AvgIpc) is 1.88. The number of rotatable bonds is 0. The van der Waals surface area contributed by atoms with Crippen LogP contribution in [0.5, 0.6) is 0 Å². The van der Waals surface area contributed by atoms with Crippen molar-refractivity contribution < 1.29 is 80.0 Å². The van der Waals surface area contributed by atoms with Crippen molar-refractivity contribution in [3.63, 3.8) is 0 Å². The second kappa shape index (κ2) is 12.2. The van der Waals surface area contributed by atoms with Gasteiger partial charge in [0.05, 0.1) is 23.9 Å². The molecule has 4 N–H and O–H groups in total. The van der Waals surface area contributed by atoms with E-state index in [1.54, 1.807) is 0 Å². The van der Waals surface area contributed by atoms with Crippen molar-refractivity contribution in [2.75, 3.05) is 0 Å². The Morgan fingerprint density at radius 1 is 0.571 bits per heavy atom. The molecule has 0 aliphatic rings. The fraction of sp³-hybridized carbons (Fsp3) is 0. The summed E-state index contributed by atoms with van der Waals surface area (Å²) in [6.07, 6.45) is 0. The molecule has 0 aromatic heterocycles. The van der Waals surface area contributed by atoms with Gasteiger partial charge in [0.1, 0.15) is 0 Å². The Hall–Kier alpha value is -0.822. The molecule has 1 radical (unpaired) electrons. The molecule has 14 heavy (non-hydrogen) atoms. The standard InChI is InChI=1S/2C2H2O4.H3N.Sm/c2*3-1(4)2(5)6;;/h2*(H,3,4)(H,5,6);1H3;/q;;;+3/p-3. The summed E-state index contributed by atoms with van der Waals surface area (Å²) >= 11 is 0. The Bertz CT molecular complexity index is 177. The number of quaternary nitrogens is 1. The minimum atomic E-state index is -2.19. The van der Waals surface area contributed by atoms with E-state index in [0.717, 1.165) is 0 Å². The molecule has 10 heteroatoms. The summed E-state index contributed by atoms with van der Waals surface area (Å²) < 4.78 is 0. The molecule has 0 aliphatic carbocycles. The van der Waals surface area contributed by atoms with Crippen LogP contribution in [0.1, 0.15) is 0 Å². The average molecular weight is 344 g/mol. The third kappa shape index (κ3) is 22.5. The van der Waals surface area contributed by atoms with E-state index in [1.165, 1.54) is 0 Å². The molecule has 0 heterocycles. The Morgan fingerprint density at radius 3 is 0.643 bits per heavy atom. The largest absolute Gasteiger partial charge is 3.00 e. The molecule has 0 unspecified atom stereocenters. The van der Waals surface area contributed by atoms with Gasteiger partial charge in [-0.2, -0.15) is 0 Å². The first-order chi connectivity index (χ1) is 5.29. The topological polar surface area (TPSA) is 197 Å². The van der Waals surface area contributed by atoms with Crippen molar-refractivity contribution in [3.05, 3.63) is 0 Å². The first-order valence-corrected chi connectivity index (χ1v) is 2.13. The Balaban J connectivity index is -0.0000000625. The molecule has 0 rings (SSSR count). The maximum absolute atomic E-state index is 8.93. The number of hydrogen-bond donors (Lipinski definition) is 1. The zero-order valence-electron chi connectivity index (χ0n) is 6.67. The van der Waals surface area contributed by atoms with E-state index < -0.39 is 23.9 Å². The second-order valence-electron chi connectivity index (χ2n) is 1.15. The summed E-state index contributed by atoms with van der Waals surface area (Å²) in [5.74, 6) is -8.74. The number of carbonyl (C=O) groups excluding carboxylic acids is 4. The molecule has 0 spiro atoms. The first kappa shape index (κ1) is 23.2. The molecule has 0 fully saturated rings. The van der Waals surface area contributed by atoms with Crippen LogP contribution in [0.15, 0.2) is 0 Å². The van der Waals surface area contributed by atoms with Gasteiger partial charge < -0.3 is 45.8 Å². The van der Waals surface area contributed by atoms with Gasteiger partial charge in [0.15, 0.2) is 0 Å². The number of carboxylic acid groups (broad SMARTS) is 4. The van der Waals surface area contributed by atoms with Gasteiger partial charge in [-0.15, -0.1) is 0 Å². The van der Waals surface area contributed by atoms with Crippen LogP contribution in [0.25, 0.3) is 0 Å². The van der Waals surface area contributed by atoms with E-state index in [-0.39, 0.29) is 46.5 Å². The SMILES string of the molecule is O=C([O-])C(=O)[O-].O=C([O-])C(=O)[O-].[NH4+].[Sm+3]. The molecule has 79 valence electrons. The van der Waals surface area contributed by atoms with Crippen molar-refractivity contribution >= 4 is 23.9 Å². The summed E-state index contributed by atoms with van der Waals surface area (Å²) in [6.45, 7) is 0. The summed E-state index contributed by atoms with van der Waals surface area (Å²) in [5.41, 5.74) is 0. The van der Waals surface area contributed by atoms with Crippen LogP contribution in [-0.2, 0) is 19.2 Å². The Labute approximate surface area is 109 Å². The smallest absolute Gasteiger partial charge is 0.543 e. The molecule has 0 aromatic carbocycles. The van der Waals surface area contributed by atoms with Gasteiger partial charge in [0, 0.05) is 0 Å². The summed E-state index contributed by atoms with van der Waals surface area (Å²) in [4.78, 5) is 35.7. The monoisotopic (exact) mass is 346 g/mol. The van der Waals surface area contributed by atoms with Crippen LogP contribution in [0, 0.1) is 40.4 Å². The van der Waals surface area contributed by atoms with Crippen LogP contribution in [0.4, 0.5) is 0 Å². The van der Waals surface area contributed by atoms with E-state index in [2.05, 4.69) is 0 Å². The first-order valence-electron chi connectivity index (χ1n) is 2.13. The second-order valence-corrected chi connectivity index (χ2v) is 1.15. The molecule has 9 nitrogen and oxygen atoms in total. The minimum absolute atomic E-state index is 0. The number of carbonyl (C=O) groups is 4. The van der Waals surface area contributed by atoms with Crippen molar-refractivity contribution in [2.45, 2.75) is 0 Å². The predicted octanol–water partition coefficient (Wildman–Crippen LogP) is -6.65. The van der Waals surface area contributed by atoms with Gasteiger partial charge in [-0.05, 0) is 0 Å². The van der Waals surface area contributed by atoms with Gasteiger partial charge in [-0.25, -0.2) is 0 Å². The van der Waals surface area contributed by atoms with Gasteiger partial charge in [0.25, 0.3) is 0 Å². The van der Waals surface area contributed by atoms with Crippen LogP contribution in [-0.4, -0.2) is 23.9 Å².